The molecule has 3 amide bonds. The van der Waals surface area contributed by atoms with E-state index in [-0.39, 0.29) is 30.7 Å². The topological polar surface area (TPSA) is 85.5 Å². The Morgan fingerprint density at radius 2 is 1.86 bits per heavy atom. The van der Waals surface area contributed by atoms with Crippen LogP contribution < -0.4 is 21.3 Å². The molecule has 1 unspecified atom stereocenters. The molecule has 158 valence electrons. The molecular formula is C19H31ClFN5O2. The maximum atomic E-state index is 12.9. The first kappa shape index (κ1) is 24.1. The summed E-state index contributed by atoms with van der Waals surface area (Å²) in [6.45, 7) is 7.54. The van der Waals surface area contributed by atoms with Crippen LogP contribution in [0.25, 0.3) is 0 Å². The van der Waals surface area contributed by atoms with Gasteiger partial charge in [-0.2, -0.15) is 0 Å². The molecule has 1 aromatic carbocycles. The zero-order valence-corrected chi connectivity index (χ0v) is 17.1. The molecule has 9 heteroatoms. The predicted molar refractivity (Wildman–Crippen MR) is 110 cm³/mol. The third-order valence-corrected chi connectivity index (χ3v) is 4.50. The van der Waals surface area contributed by atoms with Gasteiger partial charge in [0.05, 0.1) is 0 Å². The minimum absolute atomic E-state index is 0. The summed E-state index contributed by atoms with van der Waals surface area (Å²) in [5, 5.41) is 11.6. The van der Waals surface area contributed by atoms with Gasteiger partial charge in [0.2, 0.25) is 5.91 Å². The van der Waals surface area contributed by atoms with Gasteiger partial charge in [0.25, 0.3) is 0 Å². The van der Waals surface area contributed by atoms with Gasteiger partial charge in [-0.1, -0.05) is 25.5 Å². The third-order valence-electron chi connectivity index (χ3n) is 4.50. The Kier molecular flexibility index (Phi) is 11.5. The molecule has 4 N–H and O–H groups in total. The first-order valence-electron chi connectivity index (χ1n) is 9.58. The molecule has 0 bridgehead atoms. The van der Waals surface area contributed by atoms with E-state index in [0.29, 0.717) is 13.0 Å². The van der Waals surface area contributed by atoms with Gasteiger partial charge < -0.3 is 21.3 Å². The Morgan fingerprint density at radius 3 is 2.50 bits per heavy atom. The maximum Gasteiger partial charge on any atom is 0.315 e. The van der Waals surface area contributed by atoms with E-state index in [1.54, 1.807) is 12.1 Å². The molecule has 28 heavy (non-hydrogen) atoms. The fourth-order valence-corrected chi connectivity index (χ4v) is 2.95. The lowest BCUT2D eigenvalue weighted by Gasteiger charge is -2.27. The number of nitrogens with one attached hydrogen (secondary N) is 4. The van der Waals surface area contributed by atoms with Crippen molar-refractivity contribution >= 4 is 24.3 Å². The van der Waals surface area contributed by atoms with Crippen molar-refractivity contribution in [2.45, 2.75) is 32.4 Å². The first-order chi connectivity index (χ1) is 13.1. The number of benzene rings is 1. The second-order valence-electron chi connectivity index (χ2n) is 6.68. The van der Waals surface area contributed by atoms with Gasteiger partial charge in [-0.05, 0) is 24.1 Å². The van der Waals surface area contributed by atoms with Crippen molar-refractivity contribution < 1.29 is 14.0 Å². The molecule has 1 aliphatic heterocycles. The summed E-state index contributed by atoms with van der Waals surface area (Å²) < 4.78 is 12.9. The van der Waals surface area contributed by atoms with Crippen molar-refractivity contribution in [3.8, 4) is 0 Å². The molecule has 1 saturated heterocycles. The lowest BCUT2D eigenvalue weighted by atomic mass is 10.1. The SMILES string of the molecule is CCCC(NC(=O)NCc1ccc(F)cc1)C(=O)NCCN1CCNCC1.Cl. The Bertz CT molecular complexity index is 596. The van der Waals surface area contributed by atoms with E-state index < -0.39 is 12.1 Å². The van der Waals surface area contributed by atoms with Gasteiger partial charge in [-0.25, -0.2) is 9.18 Å². The summed E-state index contributed by atoms with van der Waals surface area (Å²) in [6, 6.07) is 4.95. The molecule has 0 aromatic heterocycles. The molecular weight excluding hydrogens is 385 g/mol. The summed E-state index contributed by atoms with van der Waals surface area (Å²) in [5.74, 6) is -0.479. The lowest BCUT2D eigenvalue weighted by molar-refractivity contribution is -0.123. The molecule has 0 spiro atoms. The van der Waals surface area contributed by atoms with Gasteiger partial charge >= 0.3 is 6.03 Å². The second kappa shape index (κ2) is 13.3. The number of amides is 3. The molecule has 1 atom stereocenters. The van der Waals surface area contributed by atoms with Gasteiger partial charge in [-0.3, -0.25) is 9.69 Å². The van der Waals surface area contributed by atoms with Crippen molar-refractivity contribution in [1.29, 1.82) is 0 Å². The fourth-order valence-electron chi connectivity index (χ4n) is 2.95. The van der Waals surface area contributed by atoms with Crippen LogP contribution in [0.3, 0.4) is 0 Å². The highest BCUT2D eigenvalue weighted by Crippen LogP contribution is 2.02. The molecule has 1 heterocycles. The Balaban J connectivity index is 0.00000392. The highest BCUT2D eigenvalue weighted by atomic mass is 35.5. The molecule has 1 aliphatic rings. The third kappa shape index (κ3) is 8.86. The summed E-state index contributed by atoms with van der Waals surface area (Å²) in [6.07, 6.45) is 1.36. The lowest BCUT2D eigenvalue weighted by Crippen LogP contribution is -2.51. The summed E-state index contributed by atoms with van der Waals surface area (Å²) >= 11 is 0. The smallest absolute Gasteiger partial charge is 0.315 e. The first-order valence-corrected chi connectivity index (χ1v) is 9.58. The Hall–Kier alpha value is -1.90. The number of hydrogen-bond donors (Lipinski definition) is 4. The number of urea groups is 1. The van der Waals surface area contributed by atoms with Crippen LogP contribution in [0.1, 0.15) is 25.3 Å². The number of hydrogen-bond acceptors (Lipinski definition) is 4. The second-order valence-corrected chi connectivity index (χ2v) is 6.68. The Morgan fingerprint density at radius 1 is 1.18 bits per heavy atom. The summed E-state index contributed by atoms with van der Waals surface area (Å²) in [7, 11) is 0. The largest absolute Gasteiger partial charge is 0.353 e. The quantitative estimate of drug-likeness (QED) is 0.489. The predicted octanol–water partition coefficient (Wildman–Crippen LogP) is 1.24. The van der Waals surface area contributed by atoms with Gasteiger partial charge in [0.1, 0.15) is 11.9 Å². The van der Waals surface area contributed by atoms with Crippen LogP contribution in [0.5, 0.6) is 0 Å². The summed E-state index contributed by atoms with van der Waals surface area (Å²) in [4.78, 5) is 26.8. The number of halogens is 2. The Labute approximate surface area is 172 Å². The zero-order valence-electron chi connectivity index (χ0n) is 16.3. The maximum absolute atomic E-state index is 12.9. The van der Waals surface area contributed by atoms with Crippen LogP contribution in [0.15, 0.2) is 24.3 Å². The van der Waals surface area contributed by atoms with Crippen molar-refractivity contribution in [2.24, 2.45) is 0 Å². The molecule has 1 fully saturated rings. The fraction of sp³-hybridized carbons (Fsp3) is 0.579. The van der Waals surface area contributed by atoms with Gasteiger partial charge in [0, 0.05) is 45.8 Å². The van der Waals surface area contributed by atoms with Crippen molar-refractivity contribution in [3.63, 3.8) is 0 Å². The van der Waals surface area contributed by atoms with E-state index in [1.165, 1.54) is 12.1 Å². The molecule has 0 radical (unpaired) electrons. The van der Waals surface area contributed by atoms with Crippen LogP contribution in [0, 0.1) is 5.82 Å². The van der Waals surface area contributed by atoms with Gasteiger partial charge in [-0.15, -0.1) is 12.4 Å². The summed E-state index contributed by atoms with van der Waals surface area (Å²) in [5.41, 5.74) is 0.791. The van der Waals surface area contributed by atoms with Crippen LogP contribution in [-0.4, -0.2) is 62.1 Å². The van der Waals surface area contributed by atoms with Crippen LogP contribution in [-0.2, 0) is 11.3 Å². The number of piperazine rings is 1. The van der Waals surface area contributed by atoms with Crippen LogP contribution in [0.4, 0.5) is 9.18 Å². The molecule has 0 saturated carbocycles. The van der Waals surface area contributed by atoms with Crippen LogP contribution in [0.2, 0.25) is 0 Å². The number of carbonyl (C=O) groups excluding carboxylic acids is 2. The molecule has 2 rings (SSSR count). The standard InChI is InChI=1S/C19H30FN5O2.ClH/c1-2-3-17(18(26)22-10-13-25-11-8-21-9-12-25)24-19(27)23-14-15-4-6-16(20)7-5-15;/h4-7,17,21H,2-3,8-14H2,1H3,(H,22,26)(H2,23,24,27);1H. The van der Waals surface area contributed by atoms with Crippen LogP contribution >= 0.6 is 12.4 Å². The number of carbonyl (C=O) groups is 2. The van der Waals surface area contributed by atoms with E-state index >= 15 is 0 Å². The average molecular weight is 416 g/mol. The monoisotopic (exact) mass is 415 g/mol. The average Bonchev–Trinajstić information content (AvgIpc) is 2.68. The zero-order chi connectivity index (χ0) is 19.5. The molecule has 1 aromatic rings. The van der Waals surface area contributed by atoms with E-state index in [0.717, 1.165) is 44.7 Å². The van der Waals surface area contributed by atoms with Crippen molar-refractivity contribution in [1.82, 2.24) is 26.2 Å². The minimum atomic E-state index is -0.564. The molecule has 0 aliphatic carbocycles. The van der Waals surface area contributed by atoms with Crippen molar-refractivity contribution in [2.75, 3.05) is 39.3 Å². The molecule has 7 nitrogen and oxygen atoms in total. The van der Waals surface area contributed by atoms with E-state index in [1.807, 2.05) is 6.92 Å². The number of nitrogens with zero attached hydrogens (tertiary/aromatic N) is 1. The van der Waals surface area contributed by atoms with E-state index in [2.05, 4.69) is 26.2 Å². The highest BCUT2D eigenvalue weighted by Gasteiger charge is 2.20. The highest BCUT2D eigenvalue weighted by molar-refractivity contribution is 5.87. The minimum Gasteiger partial charge on any atom is -0.353 e. The van der Waals surface area contributed by atoms with Gasteiger partial charge in [0.15, 0.2) is 0 Å². The van der Waals surface area contributed by atoms with E-state index in [9.17, 15) is 14.0 Å². The number of rotatable bonds is 9. The normalized spacial score (nSPS) is 15.2. The van der Waals surface area contributed by atoms with E-state index in [4.69, 9.17) is 0 Å². The van der Waals surface area contributed by atoms with Crippen molar-refractivity contribution in [3.05, 3.63) is 35.6 Å².